The van der Waals surface area contributed by atoms with E-state index in [1.54, 1.807) is 14.2 Å². The number of nitrogens with zero attached hydrogens (tertiary/aromatic N) is 2. The molecule has 0 aromatic rings. The van der Waals surface area contributed by atoms with Crippen LogP contribution in [0.25, 0.3) is 0 Å². The van der Waals surface area contributed by atoms with Gasteiger partial charge in [0.25, 0.3) is 0 Å². The third kappa shape index (κ3) is 1.08. The van der Waals surface area contributed by atoms with E-state index >= 15 is 0 Å². The van der Waals surface area contributed by atoms with Crippen molar-refractivity contribution < 1.29 is 9.68 Å². The molecular weight excluding hydrogens is 276 g/mol. The van der Waals surface area contributed by atoms with Gasteiger partial charge in [-0.05, 0) is 60.2 Å². The second-order valence-corrected chi connectivity index (χ2v) is 8.17. The topological polar surface area (TPSA) is 43.2 Å². The summed E-state index contributed by atoms with van der Waals surface area (Å²) in [7, 11) is 3.39. The summed E-state index contributed by atoms with van der Waals surface area (Å²) in [6.07, 6.45) is 7.35. The van der Waals surface area contributed by atoms with Crippen LogP contribution in [-0.2, 0) is 9.68 Å². The lowest BCUT2D eigenvalue weighted by molar-refractivity contribution is 0.208. The van der Waals surface area contributed by atoms with E-state index in [-0.39, 0.29) is 0 Å². The Morgan fingerprint density at radius 2 is 1.27 bits per heavy atom. The Labute approximate surface area is 130 Å². The van der Waals surface area contributed by atoms with Gasteiger partial charge in [-0.25, -0.2) is 0 Å². The molecule has 22 heavy (non-hydrogen) atoms. The Morgan fingerprint density at radius 3 is 1.73 bits per heavy atom. The fraction of sp³-hybridized carbons (Fsp3) is 0.778. The van der Waals surface area contributed by atoms with Gasteiger partial charge >= 0.3 is 0 Å². The normalized spacial score (nSPS) is 61.7. The van der Waals surface area contributed by atoms with E-state index in [4.69, 9.17) is 9.68 Å². The van der Waals surface area contributed by atoms with Gasteiger partial charge in [0, 0.05) is 11.8 Å². The van der Waals surface area contributed by atoms with Gasteiger partial charge in [0.05, 0.1) is 11.4 Å². The number of rotatable bonds is 2. The Kier molecular flexibility index (Phi) is 2.08. The number of hydrogen-bond acceptors (Lipinski definition) is 4. The lowest BCUT2D eigenvalue weighted by Crippen LogP contribution is -2.23. The molecule has 0 bridgehead atoms. The van der Waals surface area contributed by atoms with Gasteiger partial charge in [0.2, 0.25) is 0 Å². The zero-order chi connectivity index (χ0) is 14.6. The zero-order valence-electron chi connectivity index (χ0n) is 13.1. The highest BCUT2D eigenvalue weighted by Crippen LogP contribution is 2.77. The highest BCUT2D eigenvalue weighted by atomic mass is 16.6. The van der Waals surface area contributed by atoms with E-state index in [1.807, 2.05) is 0 Å². The van der Waals surface area contributed by atoms with Crippen molar-refractivity contribution in [2.75, 3.05) is 14.2 Å². The molecule has 0 saturated heterocycles. The van der Waals surface area contributed by atoms with Crippen LogP contribution in [0.1, 0.15) is 12.8 Å². The maximum absolute atomic E-state index is 5.19. The van der Waals surface area contributed by atoms with Crippen LogP contribution in [0.2, 0.25) is 0 Å². The minimum absolute atomic E-state index is 0.676. The molecule has 0 aromatic carbocycles. The second kappa shape index (κ2) is 3.77. The molecular formula is C18H22N2O2. The zero-order valence-corrected chi connectivity index (χ0v) is 13.1. The molecule has 4 nitrogen and oxygen atoms in total. The average molecular weight is 298 g/mol. The predicted molar refractivity (Wildman–Crippen MR) is 82.2 cm³/mol. The van der Waals surface area contributed by atoms with Gasteiger partial charge in [-0.3, -0.25) is 0 Å². The van der Waals surface area contributed by atoms with Crippen LogP contribution in [-0.4, -0.2) is 25.6 Å². The Bertz CT molecular complexity index is 587. The summed E-state index contributed by atoms with van der Waals surface area (Å²) >= 11 is 0. The van der Waals surface area contributed by atoms with E-state index in [9.17, 15) is 0 Å². The summed E-state index contributed by atoms with van der Waals surface area (Å²) in [5, 5.41) is 8.90. The van der Waals surface area contributed by atoms with Crippen LogP contribution in [0, 0.1) is 59.2 Å². The average Bonchev–Trinajstić information content (AvgIpc) is 3.21. The van der Waals surface area contributed by atoms with Gasteiger partial charge < -0.3 is 9.68 Å². The van der Waals surface area contributed by atoms with Crippen LogP contribution in [0.3, 0.4) is 0 Å². The van der Waals surface area contributed by atoms with Crippen molar-refractivity contribution in [1.29, 1.82) is 0 Å². The van der Waals surface area contributed by atoms with Crippen LogP contribution >= 0.6 is 0 Å². The van der Waals surface area contributed by atoms with Crippen LogP contribution in [0.15, 0.2) is 22.5 Å². The number of hydrogen-bond donors (Lipinski definition) is 0. The quantitative estimate of drug-likeness (QED) is 0.581. The molecule has 5 saturated carbocycles. The Morgan fingerprint density at radius 1 is 0.773 bits per heavy atom. The predicted octanol–water partition coefficient (Wildman–Crippen LogP) is 2.57. The van der Waals surface area contributed by atoms with Crippen LogP contribution in [0.5, 0.6) is 0 Å². The fourth-order valence-electron chi connectivity index (χ4n) is 8.09. The lowest BCUT2D eigenvalue weighted by atomic mass is 9.83. The number of allylic oxidation sites excluding steroid dienone is 2. The third-order valence-corrected chi connectivity index (χ3v) is 8.05. The van der Waals surface area contributed by atoms with Crippen molar-refractivity contribution in [2.45, 2.75) is 12.8 Å². The highest BCUT2D eigenvalue weighted by Gasteiger charge is 2.76. The molecule has 6 aliphatic rings. The molecule has 6 aliphatic carbocycles. The van der Waals surface area contributed by atoms with E-state index in [0.29, 0.717) is 23.7 Å². The SMILES string of the molecule is CO/N=C1/C[C@H]2[C@H]3C/C(=N/OC)[C@H]4[C@@H]3C3C5[C@@H](C=C[C@@H]54)[C@@H]1[C@@H]32. The van der Waals surface area contributed by atoms with Crippen molar-refractivity contribution in [3.8, 4) is 0 Å². The van der Waals surface area contributed by atoms with Crippen molar-refractivity contribution in [3.05, 3.63) is 12.2 Å². The molecule has 4 heteroatoms. The molecule has 0 radical (unpaired) electrons. The maximum atomic E-state index is 5.19. The summed E-state index contributed by atoms with van der Waals surface area (Å²) in [6.45, 7) is 0. The van der Waals surface area contributed by atoms with Crippen molar-refractivity contribution in [1.82, 2.24) is 0 Å². The standard InChI is InChI=1S/C18H22N2O2/c1-21-19-11-5-9-10-6-12(20-22-2)15-8-4-3-7-13(8)18(17(10)15)16(9)14(7)11/h3-4,7-10,13-18H,5-6H2,1-2H3/b19-11-,20-12-/t7-,8+,9+,10-,13?,14-,15-,16+,17-,18?/m0/s1. The van der Waals surface area contributed by atoms with Crippen molar-refractivity contribution in [2.24, 2.45) is 69.5 Å². The van der Waals surface area contributed by atoms with E-state index < -0.39 is 0 Å². The molecule has 0 spiro atoms. The number of fused-ring (bicyclic) bond motifs is 3. The van der Waals surface area contributed by atoms with Crippen LogP contribution in [0.4, 0.5) is 0 Å². The fourth-order valence-corrected chi connectivity index (χ4v) is 8.09. The molecule has 10 atom stereocenters. The van der Waals surface area contributed by atoms with Gasteiger partial charge in [-0.1, -0.05) is 22.5 Å². The van der Waals surface area contributed by atoms with E-state index in [2.05, 4.69) is 22.5 Å². The van der Waals surface area contributed by atoms with Gasteiger partial charge in [-0.15, -0.1) is 0 Å². The largest absolute Gasteiger partial charge is 0.399 e. The smallest absolute Gasteiger partial charge is 0.106 e. The van der Waals surface area contributed by atoms with Crippen LogP contribution < -0.4 is 0 Å². The van der Waals surface area contributed by atoms with E-state index in [1.165, 1.54) is 11.4 Å². The first kappa shape index (κ1) is 12.1. The second-order valence-electron chi connectivity index (χ2n) is 8.17. The molecule has 0 aliphatic heterocycles. The first-order valence-corrected chi connectivity index (χ1v) is 8.73. The number of oxime groups is 2. The summed E-state index contributed by atoms with van der Waals surface area (Å²) < 4.78 is 0. The monoisotopic (exact) mass is 298 g/mol. The Hall–Kier alpha value is -1.32. The molecule has 0 N–H and O–H groups in total. The summed E-state index contributed by atoms with van der Waals surface area (Å²) in [5.41, 5.74) is 2.71. The highest BCUT2D eigenvalue weighted by molar-refractivity contribution is 5.94. The Balaban J connectivity index is 1.52. The summed E-state index contributed by atoms with van der Waals surface area (Å²) in [6, 6.07) is 0. The molecule has 0 aromatic heterocycles. The summed E-state index contributed by atoms with van der Waals surface area (Å²) in [4.78, 5) is 10.4. The third-order valence-electron chi connectivity index (χ3n) is 8.05. The molecule has 5 fully saturated rings. The molecule has 0 heterocycles. The molecule has 6 rings (SSSR count). The minimum atomic E-state index is 0.676. The van der Waals surface area contributed by atoms with E-state index in [0.717, 1.165) is 48.3 Å². The first-order valence-electron chi connectivity index (χ1n) is 8.73. The first-order chi connectivity index (χ1) is 10.8. The maximum Gasteiger partial charge on any atom is 0.106 e. The van der Waals surface area contributed by atoms with Gasteiger partial charge in [0.15, 0.2) is 0 Å². The summed E-state index contributed by atoms with van der Waals surface area (Å²) in [5.74, 6) is 7.93. The van der Waals surface area contributed by atoms with Gasteiger partial charge in [-0.2, -0.15) is 0 Å². The molecule has 116 valence electrons. The minimum Gasteiger partial charge on any atom is -0.399 e. The van der Waals surface area contributed by atoms with Crippen molar-refractivity contribution >= 4 is 11.4 Å². The van der Waals surface area contributed by atoms with Gasteiger partial charge in [0.1, 0.15) is 14.2 Å². The van der Waals surface area contributed by atoms with Crippen molar-refractivity contribution in [3.63, 3.8) is 0 Å². The molecule has 0 amide bonds. The lowest BCUT2D eigenvalue weighted by Gasteiger charge is -2.21. The molecule has 2 unspecified atom stereocenters.